The summed E-state index contributed by atoms with van der Waals surface area (Å²) in [5.41, 5.74) is 1.80. The largest absolute Gasteiger partial charge is 0.321 e. The van der Waals surface area contributed by atoms with E-state index in [4.69, 9.17) is 0 Å². The van der Waals surface area contributed by atoms with Crippen LogP contribution in [0.4, 0.5) is 4.39 Å². The van der Waals surface area contributed by atoms with Gasteiger partial charge in [-0.05, 0) is 50.7 Å². The Morgan fingerprint density at radius 3 is 2.71 bits per heavy atom. The van der Waals surface area contributed by atoms with Gasteiger partial charge in [0.1, 0.15) is 5.82 Å². The van der Waals surface area contributed by atoms with Crippen LogP contribution in [0.5, 0.6) is 0 Å². The maximum absolute atomic E-state index is 13.8. The molecule has 2 aromatic rings. The summed E-state index contributed by atoms with van der Waals surface area (Å²) in [5, 5.41) is 0. The molecule has 2 rings (SSSR count). The van der Waals surface area contributed by atoms with Crippen LogP contribution in [0.2, 0.25) is 0 Å². The maximum Gasteiger partial charge on any atom is 0.147 e. The van der Waals surface area contributed by atoms with E-state index in [9.17, 15) is 4.39 Å². The molecule has 2 nitrogen and oxygen atoms in total. The summed E-state index contributed by atoms with van der Waals surface area (Å²) in [6, 6.07) is 5.73. The number of hydrogen-bond donors (Lipinski definition) is 0. The molecule has 2 aromatic heterocycles. The van der Waals surface area contributed by atoms with Crippen molar-refractivity contribution in [1.29, 1.82) is 0 Å². The van der Waals surface area contributed by atoms with Crippen molar-refractivity contribution < 1.29 is 4.39 Å². The number of rotatable bonds is 4. The molecule has 0 spiro atoms. The van der Waals surface area contributed by atoms with Crippen LogP contribution in [-0.2, 0) is 6.42 Å². The van der Waals surface area contributed by atoms with Crippen molar-refractivity contribution in [3.63, 3.8) is 0 Å². The van der Waals surface area contributed by atoms with Crippen LogP contribution in [0.25, 0.3) is 5.52 Å². The molecule has 0 amide bonds. The monoisotopic (exact) mass is 234 g/mol. The van der Waals surface area contributed by atoms with Crippen LogP contribution in [0.1, 0.15) is 18.9 Å². The van der Waals surface area contributed by atoms with E-state index in [2.05, 4.69) is 25.9 Å². The third-order valence-corrected chi connectivity index (χ3v) is 3.37. The molecule has 0 aliphatic heterocycles. The minimum absolute atomic E-state index is 0.138. The van der Waals surface area contributed by atoms with Gasteiger partial charge in [0.25, 0.3) is 0 Å². The number of nitrogens with zero attached hydrogens (tertiary/aromatic N) is 2. The molecule has 1 unspecified atom stereocenters. The van der Waals surface area contributed by atoms with E-state index in [0.717, 1.165) is 18.4 Å². The third-order valence-electron chi connectivity index (χ3n) is 3.37. The highest BCUT2D eigenvalue weighted by atomic mass is 19.1. The lowest BCUT2D eigenvalue weighted by Crippen LogP contribution is -2.29. The van der Waals surface area contributed by atoms with E-state index >= 15 is 0 Å². The van der Waals surface area contributed by atoms with Crippen molar-refractivity contribution in [2.75, 3.05) is 14.1 Å². The first-order chi connectivity index (χ1) is 8.13. The molecule has 3 heteroatoms. The Kier molecular flexibility index (Phi) is 3.48. The highest BCUT2D eigenvalue weighted by Crippen LogP contribution is 2.19. The minimum atomic E-state index is -0.138. The van der Waals surface area contributed by atoms with Crippen molar-refractivity contribution >= 4 is 5.52 Å². The van der Waals surface area contributed by atoms with Crippen LogP contribution in [0, 0.1) is 5.82 Å². The van der Waals surface area contributed by atoms with E-state index in [0.29, 0.717) is 11.6 Å². The van der Waals surface area contributed by atoms with Gasteiger partial charge in [0.05, 0.1) is 5.52 Å². The second-order valence-electron chi connectivity index (χ2n) is 4.68. The van der Waals surface area contributed by atoms with Crippen molar-refractivity contribution in [3.05, 3.63) is 42.0 Å². The SMILES string of the molecule is CCC(Cc1ccn2cccc(F)c12)N(C)C. The Bertz CT molecular complexity index is 502. The highest BCUT2D eigenvalue weighted by Gasteiger charge is 2.14. The second kappa shape index (κ2) is 4.88. The van der Waals surface area contributed by atoms with Crippen LogP contribution >= 0.6 is 0 Å². The summed E-state index contributed by atoms with van der Waals surface area (Å²) in [6.45, 7) is 2.17. The summed E-state index contributed by atoms with van der Waals surface area (Å²) < 4.78 is 15.7. The normalized spacial score (nSPS) is 13.5. The zero-order valence-electron chi connectivity index (χ0n) is 10.7. The topological polar surface area (TPSA) is 7.65 Å². The molecule has 1 atom stereocenters. The average Bonchev–Trinajstić information content (AvgIpc) is 2.70. The molecule has 0 fully saturated rings. The number of aromatic nitrogens is 1. The van der Waals surface area contributed by atoms with Crippen molar-refractivity contribution in [2.24, 2.45) is 0 Å². The minimum Gasteiger partial charge on any atom is -0.321 e. The van der Waals surface area contributed by atoms with E-state index in [1.165, 1.54) is 6.07 Å². The van der Waals surface area contributed by atoms with Gasteiger partial charge in [-0.3, -0.25) is 0 Å². The summed E-state index contributed by atoms with van der Waals surface area (Å²) in [5.74, 6) is -0.138. The van der Waals surface area contributed by atoms with Gasteiger partial charge in [-0.15, -0.1) is 0 Å². The fraction of sp³-hybridized carbons (Fsp3) is 0.429. The van der Waals surface area contributed by atoms with E-state index in [1.807, 2.05) is 22.9 Å². The second-order valence-corrected chi connectivity index (χ2v) is 4.68. The van der Waals surface area contributed by atoms with Gasteiger partial charge in [-0.2, -0.15) is 0 Å². The Hall–Kier alpha value is -1.35. The third kappa shape index (κ3) is 2.34. The number of pyridine rings is 1. The molecule has 0 saturated carbocycles. The Morgan fingerprint density at radius 2 is 2.06 bits per heavy atom. The lowest BCUT2D eigenvalue weighted by Gasteiger charge is -2.22. The van der Waals surface area contributed by atoms with Crippen molar-refractivity contribution in [2.45, 2.75) is 25.8 Å². The van der Waals surface area contributed by atoms with E-state index in [1.54, 1.807) is 6.07 Å². The predicted molar refractivity (Wildman–Crippen MR) is 68.8 cm³/mol. The quantitative estimate of drug-likeness (QED) is 0.789. The van der Waals surface area contributed by atoms with Gasteiger partial charge in [0, 0.05) is 18.4 Å². The molecule has 92 valence electrons. The average molecular weight is 234 g/mol. The van der Waals surface area contributed by atoms with Crippen LogP contribution in [0.3, 0.4) is 0 Å². The summed E-state index contributed by atoms with van der Waals surface area (Å²) in [4.78, 5) is 2.20. The molecule has 0 bridgehead atoms. The van der Waals surface area contributed by atoms with Gasteiger partial charge in [0.15, 0.2) is 0 Å². The lowest BCUT2D eigenvalue weighted by molar-refractivity contribution is 0.284. The first-order valence-electron chi connectivity index (χ1n) is 6.04. The molecule has 0 aliphatic rings. The molecule has 2 heterocycles. The van der Waals surface area contributed by atoms with Gasteiger partial charge in [-0.1, -0.05) is 6.92 Å². The number of likely N-dealkylation sites (N-methyl/N-ethyl adjacent to an activating group) is 1. The van der Waals surface area contributed by atoms with Gasteiger partial charge < -0.3 is 9.30 Å². The first-order valence-corrected chi connectivity index (χ1v) is 6.04. The smallest absolute Gasteiger partial charge is 0.147 e. The number of halogens is 1. The summed E-state index contributed by atoms with van der Waals surface area (Å²) in [7, 11) is 4.14. The Labute approximate surface area is 102 Å². The van der Waals surface area contributed by atoms with Crippen molar-refractivity contribution in [3.8, 4) is 0 Å². The van der Waals surface area contributed by atoms with Crippen molar-refractivity contribution in [1.82, 2.24) is 9.30 Å². The maximum atomic E-state index is 13.8. The number of hydrogen-bond acceptors (Lipinski definition) is 1. The molecule has 0 N–H and O–H groups in total. The van der Waals surface area contributed by atoms with E-state index in [-0.39, 0.29) is 5.82 Å². The molecule has 0 aliphatic carbocycles. The first kappa shape index (κ1) is 12.1. The summed E-state index contributed by atoms with van der Waals surface area (Å²) in [6.07, 6.45) is 5.77. The van der Waals surface area contributed by atoms with Crippen LogP contribution in [0.15, 0.2) is 30.6 Å². The van der Waals surface area contributed by atoms with Gasteiger partial charge in [-0.25, -0.2) is 4.39 Å². The predicted octanol–water partition coefficient (Wildman–Crippen LogP) is 2.96. The fourth-order valence-electron chi connectivity index (χ4n) is 2.30. The van der Waals surface area contributed by atoms with Gasteiger partial charge in [0.2, 0.25) is 0 Å². The highest BCUT2D eigenvalue weighted by molar-refractivity contribution is 5.57. The standard InChI is InChI=1S/C14H19FN2/c1-4-12(16(2)3)10-11-7-9-17-8-5-6-13(15)14(11)17/h5-9,12H,4,10H2,1-3H3. The summed E-state index contributed by atoms with van der Waals surface area (Å²) >= 11 is 0. The molecule has 0 radical (unpaired) electrons. The van der Waals surface area contributed by atoms with Gasteiger partial charge >= 0.3 is 0 Å². The molecular weight excluding hydrogens is 215 g/mol. The van der Waals surface area contributed by atoms with Crippen LogP contribution in [-0.4, -0.2) is 29.4 Å². The Balaban J connectivity index is 2.36. The zero-order chi connectivity index (χ0) is 12.4. The lowest BCUT2D eigenvalue weighted by atomic mass is 10.0. The van der Waals surface area contributed by atoms with Crippen LogP contribution < -0.4 is 0 Å². The molecule has 17 heavy (non-hydrogen) atoms. The number of fused-ring (bicyclic) bond motifs is 1. The molecule has 0 saturated heterocycles. The fourth-order valence-corrected chi connectivity index (χ4v) is 2.30. The van der Waals surface area contributed by atoms with E-state index < -0.39 is 0 Å². The molecular formula is C14H19FN2. The zero-order valence-corrected chi connectivity index (χ0v) is 10.7. The Morgan fingerprint density at radius 1 is 1.29 bits per heavy atom. The molecule has 0 aromatic carbocycles.